The van der Waals surface area contributed by atoms with Crippen LogP contribution in [0.25, 0.3) is 10.9 Å². The van der Waals surface area contributed by atoms with E-state index < -0.39 is 49.1 Å². The summed E-state index contributed by atoms with van der Waals surface area (Å²) in [6, 6.07) is 14.0. The van der Waals surface area contributed by atoms with Gasteiger partial charge >= 0.3 is 5.97 Å². The average Bonchev–Trinajstić information content (AvgIpc) is 3.41. The molecule has 1 aliphatic rings. The number of nitrogens with two attached hydrogens (primary N) is 1. The molecule has 0 fully saturated rings. The molecule has 51 heavy (non-hydrogen) atoms. The monoisotopic (exact) mass is 766 g/mol. The third kappa shape index (κ3) is 9.35. The van der Waals surface area contributed by atoms with E-state index in [2.05, 4.69) is 52.5 Å². The highest BCUT2D eigenvalue weighted by molar-refractivity contribution is 9.10. The number of nitrogens with one attached hydrogen (secondary N) is 6. The van der Waals surface area contributed by atoms with Gasteiger partial charge in [-0.05, 0) is 46.9 Å². The molecule has 15 nitrogen and oxygen atoms in total. The number of hydrogen-bond acceptors (Lipinski definition) is 12. The van der Waals surface area contributed by atoms with E-state index in [9.17, 15) is 35.1 Å². The number of carboxylic acids is 1. The van der Waals surface area contributed by atoms with Gasteiger partial charge in [0.1, 0.15) is 24.2 Å². The van der Waals surface area contributed by atoms with Gasteiger partial charge in [-0.3, -0.25) is 25.2 Å². The Morgan fingerprint density at radius 2 is 1.80 bits per heavy atom. The van der Waals surface area contributed by atoms with Crippen molar-refractivity contribution in [2.24, 2.45) is 4.99 Å². The van der Waals surface area contributed by atoms with Gasteiger partial charge in [0.05, 0.1) is 36.6 Å². The number of nitrogens with zero attached hydrogens (tertiary/aromatic N) is 1. The van der Waals surface area contributed by atoms with Crippen LogP contribution in [0.5, 0.6) is 5.75 Å². The number of aromatic nitrogens is 1. The number of phenols is 1. The molecule has 0 radical (unpaired) electrons. The first-order chi connectivity index (χ1) is 24.1. The number of guanidine groups is 1. The van der Waals surface area contributed by atoms with Crippen LogP contribution in [0.1, 0.15) is 61.7 Å². The lowest BCUT2D eigenvalue weighted by molar-refractivity contribution is -0.142. The number of aliphatic hydroxyl groups excluding tert-OH is 3. The van der Waals surface area contributed by atoms with Crippen molar-refractivity contribution < 1.29 is 35.1 Å². The van der Waals surface area contributed by atoms with Crippen molar-refractivity contribution in [2.75, 3.05) is 30.7 Å². The lowest BCUT2D eigenvalue weighted by Crippen LogP contribution is -2.51. The molecule has 13 N–H and O–H groups in total. The number of halogens is 1. The summed E-state index contributed by atoms with van der Waals surface area (Å²) < 4.78 is 0.654. The molecule has 0 aliphatic carbocycles. The number of para-hydroxylation sites is 1. The van der Waals surface area contributed by atoms with Gasteiger partial charge in [0.15, 0.2) is 5.96 Å². The number of aliphatic carboxylic acids is 1. The number of rotatable bonds is 12. The Bertz CT molecular complexity index is 1930. The van der Waals surface area contributed by atoms with Crippen LogP contribution in [0.4, 0.5) is 11.4 Å². The SMILES string of the molecule is CC(C)(C)c1cc(Br)cc(C(NC(=O)CNC(O)c2cc(O)cc(NC3=NCC(O)CN3)c2)C(NC(O)c2[nH]c3ccccc3c2N)C(=O)O)c1. The standard InChI is InChI=1S/C35H43BrN8O7/c1-35(2,3)19-8-17(9-20(36)12-19)28(30(33(50)51)44-32(49)29-27(37)24-6-4-5-7-25(24)42-29)43-26(47)16-38-31(48)18-10-21(13-22(45)11-18)41-34-39-14-23(46)15-40-34/h4-13,23,28,30-32,38,42,44-46,48-49H,14-16,37H2,1-3H3,(H,43,47)(H,50,51)(H2,39,40,41). The zero-order valence-corrected chi connectivity index (χ0v) is 29.8. The minimum Gasteiger partial charge on any atom is -0.508 e. The Morgan fingerprint density at radius 1 is 1.06 bits per heavy atom. The first-order valence-electron chi connectivity index (χ1n) is 16.2. The minimum absolute atomic E-state index is 0.161. The van der Waals surface area contributed by atoms with Crippen LogP contribution >= 0.6 is 15.9 Å². The second-order valence-corrected chi connectivity index (χ2v) is 14.3. The van der Waals surface area contributed by atoms with Crippen molar-refractivity contribution >= 4 is 56.0 Å². The number of fused-ring (bicyclic) bond motifs is 1. The number of carboxylic acid groups (broad SMARTS) is 1. The maximum absolute atomic E-state index is 13.5. The second kappa shape index (κ2) is 15.7. The van der Waals surface area contributed by atoms with Crippen molar-refractivity contribution in [3.05, 3.63) is 87.5 Å². The Labute approximate surface area is 302 Å². The Balaban J connectivity index is 1.37. The molecule has 0 spiro atoms. The molecule has 272 valence electrons. The number of aliphatic imine (C=N–C) groups is 1. The summed E-state index contributed by atoms with van der Waals surface area (Å²) in [5, 5.41) is 67.4. The summed E-state index contributed by atoms with van der Waals surface area (Å²) in [6.45, 7) is 6.04. The van der Waals surface area contributed by atoms with E-state index in [1.165, 1.54) is 12.1 Å². The molecule has 1 amide bonds. The van der Waals surface area contributed by atoms with Crippen molar-refractivity contribution in [1.29, 1.82) is 0 Å². The third-order valence-electron chi connectivity index (χ3n) is 8.39. The van der Waals surface area contributed by atoms with E-state index in [0.717, 1.165) is 5.56 Å². The number of nitrogen functional groups attached to an aromatic ring is 1. The Hall–Kier alpha value is -4.71. The van der Waals surface area contributed by atoms with E-state index in [0.29, 0.717) is 39.1 Å². The number of phenolic OH excluding ortho intramolecular Hbond substituents is 1. The van der Waals surface area contributed by atoms with Crippen LogP contribution in [0.2, 0.25) is 0 Å². The summed E-state index contributed by atoms with van der Waals surface area (Å²) in [4.78, 5) is 33.6. The van der Waals surface area contributed by atoms with Gasteiger partial charge in [-0.2, -0.15) is 0 Å². The molecular formula is C35H43BrN8O7. The molecule has 2 heterocycles. The first-order valence-corrected chi connectivity index (χ1v) is 17.0. The van der Waals surface area contributed by atoms with E-state index in [1.807, 2.05) is 26.8 Å². The van der Waals surface area contributed by atoms with Crippen molar-refractivity contribution in [2.45, 2.75) is 56.8 Å². The van der Waals surface area contributed by atoms with Crippen LogP contribution in [0.3, 0.4) is 0 Å². The van der Waals surface area contributed by atoms with Crippen LogP contribution in [0, 0.1) is 0 Å². The fraction of sp³-hybridized carbons (Fsp3) is 0.343. The molecular weight excluding hydrogens is 724 g/mol. The number of carbonyl (C=O) groups is 2. The molecule has 0 bridgehead atoms. The van der Waals surface area contributed by atoms with Gasteiger partial charge in [0.25, 0.3) is 0 Å². The summed E-state index contributed by atoms with van der Waals surface area (Å²) in [5.41, 5.74) is 8.98. The number of carbonyl (C=O) groups excluding carboxylic acids is 1. The van der Waals surface area contributed by atoms with Crippen molar-refractivity contribution in [1.82, 2.24) is 26.3 Å². The molecule has 0 saturated heterocycles. The minimum atomic E-state index is -1.56. The molecule has 5 atom stereocenters. The highest BCUT2D eigenvalue weighted by atomic mass is 79.9. The van der Waals surface area contributed by atoms with Gasteiger partial charge in [-0.15, -0.1) is 0 Å². The summed E-state index contributed by atoms with van der Waals surface area (Å²) in [7, 11) is 0. The van der Waals surface area contributed by atoms with Crippen LogP contribution in [-0.4, -0.2) is 80.1 Å². The number of aromatic hydroxyl groups is 1. The number of aromatic amines is 1. The van der Waals surface area contributed by atoms with Gasteiger partial charge in [0, 0.05) is 39.2 Å². The number of β-amino-alcohol motifs (C(OH)–C–C–N with tert-alkyl or cyclic N) is 1. The molecule has 4 aromatic rings. The maximum atomic E-state index is 13.5. The quantitative estimate of drug-likeness (QED) is 0.0930. The Kier molecular flexibility index (Phi) is 11.5. The van der Waals surface area contributed by atoms with Crippen molar-refractivity contribution in [3.63, 3.8) is 0 Å². The number of anilines is 2. The zero-order valence-electron chi connectivity index (χ0n) is 28.2. The van der Waals surface area contributed by atoms with E-state index in [1.54, 1.807) is 42.5 Å². The van der Waals surface area contributed by atoms with E-state index in [4.69, 9.17) is 5.73 Å². The van der Waals surface area contributed by atoms with Gasteiger partial charge in [0.2, 0.25) is 5.91 Å². The van der Waals surface area contributed by atoms with Gasteiger partial charge in [-0.25, -0.2) is 0 Å². The predicted molar refractivity (Wildman–Crippen MR) is 197 cm³/mol. The summed E-state index contributed by atoms with van der Waals surface area (Å²) in [6.07, 6.45) is -3.58. The summed E-state index contributed by atoms with van der Waals surface area (Å²) in [5.74, 6) is -1.80. The highest BCUT2D eigenvalue weighted by Gasteiger charge is 2.35. The van der Waals surface area contributed by atoms with E-state index >= 15 is 0 Å². The van der Waals surface area contributed by atoms with E-state index in [-0.39, 0.29) is 34.7 Å². The molecule has 0 saturated carbocycles. The summed E-state index contributed by atoms with van der Waals surface area (Å²) >= 11 is 3.52. The van der Waals surface area contributed by atoms with Crippen LogP contribution in [-0.2, 0) is 15.0 Å². The number of aliphatic hydroxyl groups is 3. The topological polar surface area (TPSA) is 250 Å². The Morgan fingerprint density at radius 3 is 2.47 bits per heavy atom. The normalized spacial score (nSPS) is 17.2. The maximum Gasteiger partial charge on any atom is 0.323 e. The fourth-order valence-corrected chi connectivity index (χ4v) is 6.21. The van der Waals surface area contributed by atoms with Gasteiger partial charge in [-0.1, -0.05) is 61.0 Å². The number of H-pyrrole nitrogens is 1. The second-order valence-electron chi connectivity index (χ2n) is 13.4. The third-order valence-corrected chi connectivity index (χ3v) is 8.85. The largest absolute Gasteiger partial charge is 0.508 e. The average molecular weight is 768 g/mol. The molecule has 1 aliphatic heterocycles. The predicted octanol–water partition coefficient (Wildman–Crippen LogP) is 2.42. The number of amides is 1. The first kappa shape index (κ1) is 37.5. The molecule has 5 unspecified atom stereocenters. The molecule has 1 aromatic heterocycles. The van der Waals surface area contributed by atoms with Crippen molar-refractivity contribution in [3.8, 4) is 5.75 Å². The molecule has 16 heteroatoms. The highest BCUT2D eigenvalue weighted by Crippen LogP contribution is 2.33. The smallest absolute Gasteiger partial charge is 0.323 e. The van der Waals surface area contributed by atoms with Crippen LogP contribution < -0.4 is 32.3 Å². The molecule has 5 rings (SSSR count). The lowest BCUT2D eigenvalue weighted by Gasteiger charge is -2.30. The van der Waals surface area contributed by atoms with Gasteiger partial charge < -0.3 is 52.2 Å². The lowest BCUT2D eigenvalue weighted by atomic mass is 9.84. The zero-order chi connectivity index (χ0) is 37.0. The number of hydrogen-bond donors (Lipinski definition) is 12. The molecule has 3 aromatic carbocycles. The van der Waals surface area contributed by atoms with Crippen LogP contribution in [0.15, 0.2) is 70.1 Å². The number of benzene rings is 3. The fourth-order valence-electron chi connectivity index (χ4n) is 5.70.